The molecule has 2 heterocycles. The topological polar surface area (TPSA) is 53.4 Å². The zero-order valence-electron chi connectivity index (χ0n) is 17.9. The summed E-state index contributed by atoms with van der Waals surface area (Å²) in [5, 5.41) is 20.8. The van der Waals surface area contributed by atoms with E-state index in [4.69, 9.17) is 0 Å². The maximum absolute atomic E-state index is 10.4. The largest absolute Gasteiger partial charge is 0.387 e. The average molecular weight is 421 g/mol. The number of rotatable bonds is 10. The van der Waals surface area contributed by atoms with Gasteiger partial charge < -0.3 is 29.8 Å². The number of benzene rings is 2. The summed E-state index contributed by atoms with van der Waals surface area (Å²) in [6.07, 6.45) is 8.46. The first-order valence-corrected chi connectivity index (χ1v) is 11.0. The van der Waals surface area contributed by atoms with Crippen LogP contribution in [0.1, 0.15) is 29.8 Å². The molecule has 2 aromatic carbocycles. The molecule has 2 aliphatic heterocycles. The smallest absolute Gasteiger partial charge is 0.0965 e. The molecule has 0 radical (unpaired) electrons. The normalized spacial score (nSPS) is 17.6. The van der Waals surface area contributed by atoms with Crippen LogP contribution in [0.3, 0.4) is 0 Å². The van der Waals surface area contributed by atoms with Gasteiger partial charge in [-0.1, -0.05) is 60.7 Å². The molecule has 6 heteroatoms. The molecule has 6 nitrogen and oxygen atoms in total. The highest BCUT2D eigenvalue weighted by Gasteiger charge is 2.19. The third-order valence-electron chi connectivity index (χ3n) is 5.78. The molecule has 2 aromatic rings. The first kappa shape index (κ1) is 21.3. The molecule has 2 N–H and O–H groups in total. The highest BCUT2D eigenvalue weighted by atomic mass is 16.3. The van der Waals surface area contributed by atoms with Gasteiger partial charge in [0.25, 0.3) is 0 Å². The zero-order chi connectivity index (χ0) is 21.5. The fourth-order valence-corrected chi connectivity index (χ4v) is 4.04. The molecule has 0 bridgehead atoms. The van der Waals surface area contributed by atoms with Crippen molar-refractivity contribution in [2.24, 2.45) is 0 Å². The van der Waals surface area contributed by atoms with Crippen molar-refractivity contribution in [1.82, 2.24) is 19.6 Å². The van der Waals surface area contributed by atoms with E-state index in [1.165, 1.54) is 0 Å². The molecular formula is C25H32N4O2. The van der Waals surface area contributed by atoms with E-state index in [9.17, 15) is 10.2 Å². The molecule has 4 rings (SSSR count). The third kappa shape index (κ3) is 6.03. The quantitative estimate of drug-likeness (QED) is 0.617. The first-order chi connectivity index (χ1) is 15.2. The number of aliphatic hydroxyl groups excluding tert-OH is 2. The van der Waals surface area contributed by atoms with Gasteiger partial charge in [-0.25, -0.2) is 0 Å². The molecule has 164 valence electrons. The number of hydrogen-bond acceptors (Lipinski definition) is 6. The SMILES string of the molecule is O[C@@H](CN1C=CN(CCCN2C=CN(C[C@H](O)c3ccccc3)C2)C1)c1ccccc1. The van der Waals surface area contributed by atoms with Crippen LogP contribution in [0.25, 0.3) is 0 Å². The second-order valence-corrected chi connectivity index (χ2v) is 8.25. The van der Waals surface area contributed by atoms with E-state index in [2.05, 4.69) is 44.4 Å². The summed E-state index contributed by atoms with van der Waals surface area (Å²) in [4.78, 5) is 8.88. The molecule has 0 saturated carbocycles. The fraction of sp³-hybridized carbons (Fsp3) is 0.360. The van der Waals surface area contributed by atoms with Gasteiger partial charge >= 0.3 is 0 Å². The Morgan fingerprint density at radius 1 is 0.581 bits per heavy atom. The Morgan fingerprint density at radius 2 is 0.968 bits per heavy atom. The lowest BCUT2D eigenvalue weighted by Gasteiger charge is -2.25. The highest BCUT2D eigenvalue weighted by molar-refractivity contribution is 5.18. The molecular weight excluding hydrogens is 388 g/mol. The Balaban J connectivity index is 1.12. The molecule has 0 unspecified atom stereocenters. The van der Waals surface area contributed by atoms with Crippen molar-refractivity contribution in [1.29, 1.82) is 0 Å². The van der Waals surface area contributed by atoms with Gasteiger partial charge in [-0.05, 0) is 17.5 Å². The Bertz CT molecular complexity index is 787. The first-order valence-electron chi connectivity index (χ1n) is 11.0. The standard InChI is InChI=1S/C25H32N4O2/c30-24(22-8-3-1-4-9-22)18-28-16-14-26(20-28)12-7-13-27-15-17-29(21-27)19-25(31)23-10-5-2-6-11-23/h1-6,8-11,14-17,24-25,30-31H,7,12-13,18-21H2/t24-,25-/m0/s1. The maximum Gasteiger partial charge on any atom is 0.0965 e. The predicted molar refractivity (Wildman–Crippen MR) is 122 cm³/mol. The summed E-state index contributed by atoms with van der Waals surface area (Å²) in [5.41, 5.74) is 1.91. The lowest BCUT2D eigenvalue weighted by Crippen LogP contribution is -2.32. The van der Waals surface area contributed by atoms with Crippen molar-refractivity contribution in [3.63, 3.8) is 0 Å². The minimum atomic E-state index is -0.474. The van der Waals surface area contributed by atoms with Gasteiger partial charge in [-0.3, -0.25) is 0 Å². The number of aliphatic hydroxyl groups is 2. The van der Waals surface area contributed by atoms with E-state index >= 15 is 0 Å². The van der Waals surface area contributed by atoms with Crippen LogP contribution >= 0.6 is 0 Å². The summed E-state index contributed by atoms with van der Waals surface area (Å²) in [6.45, 7) is 4.79. The molecule has 2 aliphatic rings. The molecule has 0 amide bonds. The Kier molecular flexibility index (Phi) is 7.12. The van der Waals surface area contributed by atoms with E-state index in [0.29, 0.717) is 13.1 Å². The van der Waals surface area contributed by atoms with Crippen LogP contribution in [0.4, 0.5) is 0 Å². The summed E-state index contributed by atoms with van der Waals surface area (Å²) >= 11 is 0. The highest BCUT2D eigenvalue weighted by Crippen LogP contribution is 2.18. The van der Waals surface area contributed by atoms with Crippen LogP contribution in [0.2, 0.25) is 0 Å². The Hall–Kier alpha value is -2.96. The van der Waals surface area contributed by atoms with E-state index in [1.54, 1.807) is 0 Å². The molecule has 0 aromatic heterocycles. The Labute approximate surface area is 184 Å². The molecule has 0 saturated heterocycles. The van der Waals surface area contributed by atoms with Crippen molar-refractivity contribution < 1.29 is 10.2 Å². The monoisotopic (exact) mass is 420 g/mol. The lowest BCUT2D eigenvalue weighted by molar-refractivity contribution is 0.120. The molecule has 0 spiro atoms. The molecule has 0 aliphatic carbocycles. The zero-order valence-corrected chi connectivity index (χ0v) is 17.9. The van der Waals surface area contributed by atoms with Gasteiger partial charge in [-0.15, -0.1) is 0 Å². The maximum atomic E-state index is 10.4. The van der Waals surface area contributed by atoms with Crippen molar-refractivity contribution in [2.75, 3.05) is 39.5 Å². The third-order valence-corrected chi connectivity index (χ3v) is 5.78. The Morgan fingerprint density at radius 3 is 1.39 bits per heavy atom. The minimum absolute atomic E-state index is 0.474. The van der Waals surface area contributed by atoms with Crippen LogP contribution in [0, 0.1) is 0 Å². The van der Waals surface area contributed by atoms with Gasteiger partial charge in [0, 0.05) is 51.0 Å². The molecule has 31 heavy (non-hydrogen) atoms. The second kappa shape index (κ2) is 10.4. The number of hydrogen-bond donors (Lipinski definition) is 2. The molecule has 0 fully saturated rings. The van der Waals surface area contributed by atoms with Gasteiger partial charge in [0.05, 0.1) is 25.5 Å². The van der Waals surface area contributed by atoms with Crippen LogP contribution < -0.4 is 0 Å². The van der Waals surface area contributed by atoms with Crippen LogP contribution in [0.15, 0.2) is 85.5 Å². The van der Waals surface area contributed by atoms with Gasteiger partial charge in [-0.2, -0.15) is 0 Å². The van der Waals surface area contributed by atoms with Crippen molar-refractivity contribution >= 4 is 0 Å². The minimum Gasteiger partial charge on any atom is -0.387 e. The second-order valence-electron chi connectivity index (χ2n) is 8.25. The van der Waals surface area contributed by atoms with Crippen molar-refractivity contribution in [3.8, 4) is 0 Å². The summed E-state index contributed by atoms with van der Waals surface area (Å²) in [7, 11) is 0. The van der Waals surface area contributed by atoms with E-state index in [-0.39, 0.29) is 0 Å². The lowest BCUT2D eigenvalue weighted by atomic mass is 10.1. The van der Waals surface area contributed by atoms with Crippen LogP contribution in [-0.4, -0.2) is 69.3 Å². The van der Waals surface area contributed by atoms with Crippen molar-refractivity contribution in [3.05, 3.63) is 96.6 Å². The summed E-state index contributed by atoms with van der Waals surface area (Å²) in [5.74, 6) is 0. The summed E-state index contributed by atoms with van der Waals surface area (Å²) < 4.78 is 0. The van der Waals surface area contributed by atoms with Crippen LogP contribution in [0.5, 0.6) is 0 Å². The van der Waals surface area contributed by atoms with E-state index in [1.807, 2.05) is 60.7 Å². The number of nitrogens with zero attached hydrogens (tertiary/aromatic N) is 4. The summed E-state index contributed by atoms with van der Waals surface area (Å²) in [6, 6.07) is 19.6. The number of β-amino-alcohol motifs (C(OH)–C–C–N with tert-alkyl or cyclic N) is 2. The predicted octanol–water partition coefficient (Wildman–Crippen LogP) is 2.94. The molecule has 2 atom stereocenters. The van der Waals surface area contributed by atoms with E-state index < -0.39 is 12.2 Å². The van der Waals surface area contributed by atoms with Crippen molar-refractivity contribution in [2.45, 2.75) is 18.6 Å². The van der Waals surface area contributed by atoms with Gasteiger partial charge in [0.2, 0.25) is 0 Å². The van der Waals surface area contributed by atoms with Gasteiger partial charge in [0.1, 0.15) is 0 Å². The van der Waals surface area contributed by atoms with Gasteiger partial charge in [0.15, 0.2) is 0 Å². The fourth-order valence-electron chi connectivity index (χ4n) is 4.04. The van der Waals surface area contributed by atoms with E-state index in [0.717, 1.165) is 44.0 Å². The van der Waals surface area contributed by atoms with Crippen LogP contribution in [-0.2, 0) is 0 Å². The average Bonchev–Trinajstić information content (AvgIpc) is 3.44.